The molecule has 1 aromatic heterocycles. The highest BCUT2D eigenvalue weighted by atomic mass is 35.5. The molecule has 0 radical (unpaired) electrons. The Kier molecular flexibility index (Phi) is 4.19. The fraction of sp³-hybridized carbons (Fsp3) is 0.174. The summed E-state index contributed by atoms with van der Waals surface area (Å²) in [6.45, 7) is 0.880. The summed E-state index contributed by atoms with van der Waals surface area (Å²) in [7, 11) is 0. The zero-order valence-electron chi connectivity index (χ0n) is 14.9. The highest BCUT2D eigenvalue weighted by molar-refractivity contribution is 6.34. The van der Waals surface area contributed by atoms with Crippen LogP contribution in [0.3, 0.4) is 0 Å². The first kappa shape index (κ1) is 16.5. The van der Waals surface area contributed by atoms with Crippen LogP contribution in [0.1, 0.15) is 16.7 Å². The highest BCUT2D eigenvalue weighted by Gasteiger charge is 2.20. The molecule has 4 aromatic rings. The van der Waals surface area contributed by atoms with Crippen molar-refractivity contribution in [3.05, 3.63) is 88.7 Å². The van der Waals surface area contributed by atoms with Gasteiger partial charge in [0.1, 0.15) is 0 Å². The van der Waals surface area contributed by atoms with Gasteiger partial charge in [0, 0.05) is 18.2 Å². The van der Waals surface area contributed by atoms with Gasteiger partial charge in [0.25, 0.3) is 0 Å². The van der Waals surface area contributed by atoms with Crippen molar-refractivity contribution in [3.8, 4) is 11.1 Å². The number of nitrogens with zero attached hydrogens (tertiary/aromatic N) is 1. The van der Waals surface area contributed by atoms with Crippen molar-refractivity contribution in [2.75, 3.05) is 0 Å². The van der Waals surface area contributed by atoms with E-state index in [-0.39, 0.29) is 0 Å². The van der Waals surface area contributed by atoms with Crippen LogP contribution in [0.5, 0.6) is 0 Å². The third-order valence-electron chi connectivity index (χ3n) is 5.42. The summed E-state index contributed by atoms with van der Waals surface area (Å²) < 4.78 is 0. The van der Waals surface area contributed by atoms with Gasteiger partial charge in [-0.25, -0.2) is 4.98 Å². The van der Waals surface area contributed by atoms with Gasteiger partial charge in [0.05, 0.1) is 22.4 Å². The second-order valence-corrected chi connectivity index (χ2v) is 7.61. The monoisotopic (exact) mass is 373 g/mol. The van der Waals surface area contributed by atoms with Gasteiger partial charge < -0.3 is 10.3 Å². The second kappa shape index (κ2) is 6.84. The summed E-state index contributed by atoms with van der Waals surface area (Å²) in [5.74, 6) is 0. The lowest BCUT2D eigenvalue weighted by molar-refractivity contribution is 0.533. The van der Waals surface area contributed by atoms with Crippen LogP contribution in [0.15, 0.2) is 67.0 Å². The lowest BCUT2D eigenvalue weighted by Crippen LogP contribution is -2.28. The molecule has 27 heavy (non-hydrogen) atoms. The number of benzene rings is 3. The molecule has 3 aromatic carbocycles. The van der Waals surface area contributed by atoms with Crippen LogP contribution in [-0.4, -0.2) is 16.0 Å². The van der Waals surface area contributed by atoms with Crippen LogP contribution in [0, 0.1) is 0 Å². The Labute approximate surface area is 163 Å². The molecular formula is C23H20ClN3. The van der Waals surface area contributed by atoms with Crippen molar-refractivity contribution in [2.45, 2.75) is 25.4 Å². The van der Waals surface area contributed by atoms with Gasteiger partial charge in [-0.15, -0.1) is 0 Å². The van der Waals surface area contributed by atoms with E-state index in [1.807, 2.05) is 12.1 Å². The third kappa shape index (κ3) is 3.25. The van der Waals surface area contributed by atoms with Gasteiger partial charge in [-0.1, -0.05) is 60.1 Å². The van der Waals surface area contributed by atoms with E-state index in [9.17, 15) is 0 Å². The number of fused-ring (bicyclic) bond motifs is 2. The van der Waals surface area contributed by atoms with Crippen molar-refractivity contribution in [3.63, 3.8) is 0 Å². The van der Waals surface area contributed by atoms with Crippen LogP contribution in [0.4, 0.5) is 0 Å². The molecule has 1 heterocycles. The Balaban J connectivity index is 1.28. The van der Waals surface area contributed by atoms with E-state index in [1.54, 1.807) is 6.33 Å². The number of hydrogen-bond donors (Lipinski definition) is 2. The Morgan fingerprint density at radius 3 is 2.48 bits per heavy atom. The molecule has 0 saturated heterocycles. The summed E-state index contributed by atoms with van der Waals surface area (Å²) in [4.78, 5) is 7.42. The van der Waals surface area contributed by atoms with E-state index < -0.39 is 0 Å². The smallest absolute Gasteiger partial charge is 0.0931 e. The molecular weight excluding hydrogens is 354 g/mol. The average Bonchev–Trinajstić information content (AvgIpc) is 3.32. The molecule has 0 amide bonds. The number of rotatable bonds is 4. The van der Waals surface area contributed by atoms with Crippen molar-refractivity contribution in [1.29, 1.82) is 0 Å². The zero-order chi connectivity index (χ0) is 18.2. The predicted octanol–water partition coefficient (Wildman–Crippen LogP) is 5.14. The third-order valence-corrected chi connectivity index (χ3v) is 5.73. The van der Waals surface area contributed by atoms with Gasteiger partial charge >= 0.3 is 0 Å². The molecule has 1 aliphatic rings. The Bertz CT molecular complexity index is 1070. The molecule has 3 nitrogen and oxygen atoms in total. The Morgan fingerprint density at radius 2 is 1.74 bits per heavy atom. The Morgan fingerprint density at radius 1 is 1.00 bits per heavy atom. The first-order valence-corrected chi connectivity index (χ1v) is 9.66. The van der Waals surface area contributed by atoms with E-state index >= 15 is 0 Å². The molecule has 4 heteroatoms. The minimum atomic E-state index is 0.526. The quantitative estimate of drug-likeness (QED) is 0.520. The van der Waals surface area contributed by atoms with E-state index in [0.29, 0.717) is 6.04 Å². The number of aromatic amines is 1. The molecule has 0 unspecified atom stereocenters. The Hall–Kier alpha value is -2.62. The maximum atomic E-state index is 6.47. The van der Waals surface area contributed by atoms with E-state index in [0.717, 1.165) is 46.6 Å². The molecule has 5 rings (SSSR count). The number of nitrogens with one attached hydrogen (secondary N) is 2. The molecule has 0 atom stereocenters. The molecule has 2 N–H and O–H groups in total. The zero-order valence-corrected chi connectivity index (χ0v) is 15.6. The van der Waals surface area contributed by atoms with E-state index in [2.05, 4.69) is 63.8 Å². The molecule has 0 saturated carbocycles. The predicted molar refractivity (Wildman–Crippen MR) is 111 cm³/mol. The summed E-state index contributed by atoms with van der Waals surface area (Å²) in [6.07, 6.45) is 3.93. The van der Waals surface area contributed by atoms with Crippen LogP contribution >= 0.6 is 11.6 Å². The summed E-state index contributed by atoms with van der Waals surface area (Å²) in [6, 6.07) is 21.9. The minimum Gasteiger partial charge on any atom is -0.345 e. The number of halogens is 1. The van der Waals surface area contributed by atoms with Crippen molar-refractivity contribution in [2.24, 2.45) is 0 Å². The highest BCUT2D eigenvalue weighted by Crippen LogP contribution is 2.31. The standard InChI is InChI=1S/C23H20ClN3/c24-21-12-23-22(26-14-27-23)11-20(21)16-7-5-15(6-8-16)13-25-19-9-17-3-1-2-4-18(17)10-19/h1-8,11-12,14,19,25H,9-10,13H2,(H,26,27). The van der Waals surface area contributed by atoms with Crippen LogP contribution < -0.4 is 5.32 Å². The molecule has 0 bridgehead atoms. The number of hydrogen-bond acceptors (Lipinski definition) is 2. The maximum absolute atomic E-state index is 6.47. The second-order valence-electron chi connectivity index (χ2n) is 7.20. The minimum absolute atomic E-state index is 0.526. The summed E-state index contributed by atoms with van der Waals surface area (Å²) in [5, 5.41) is 4.43. The van der Waals surface area contributed by atoms with Gasteiger partial charge in [0.15, 0.2) is 0 Å². The van der Waals surface area contributed by atoms with Crippen molar-refractivity contribution >= 4 is 22.6 Å². The van der Waals surface area contributed by atoms with Gasteiger partial charge in [-0.05, 0) is 47.2 Å². The summed E-state index contributed by atoms with van der Waals surface area (Å²) in [5.41, 5.74) is 8.26. The van der Waals surface area contributed by atoms with Crippen LogP contribution in [-0.2, 0) is 19.4 Å². The van der Waals surface area contributed by atoms with Crippen LogP contribution in [0.2, 0.25) is 5.02 Å². The van der Waals surface area contributed by atoms with Crippen molar-refractivity contribution < 1.29 is 0 Å². The average molecular weight is 374 g/mol. The first-order chi connectivity index (χ1) is 13.3. The topological polar surface area (TPSA) is 40.7 Å². The van der Waals surface area contributed by atoms with E-state index in [1.165, 1.54) is 16.7 Å². The molecule has 1 aliphatic carbocycles. The van der Waals surface area contributed by atoms with Gasteiger partial charge in [-0.2, -0.15) is 0 Å². The molecule has 0 spiro atoms. The maximum Gasteiger partial charge on any atom is 0.0931 e. The van der Waals surface area contributed by atoms with Gasteiger partial charge in [0.2, 0.25) is 0 Å². The lowest BCUT2D eigenvalue weighted by Gasteiger charge is -2.12. The van der Waals surface area contributed by atoms with Crippen molar-refractivity contribution in [1.82, 2.24) is 15.3 Å². The number of H-pyrrole nitrogens is 1. The SMILES string of the molecule is Clc1cc2[nH]cnc2cc1-c1ccc(CNC2Cc3ccccc3C2)cc1. The largest absolute Gasteiger partial charge is 0.345 e. The van der Waals surface area contributed by atoms with Gasteiger partial charge in [-0.3, -0.25) is 0 Å². The molecule has 134 valence electrons. The summed E-state index contributed by atoms with van der Waals surface area (Å²) >= 11 is 6.47. The fourth-order valence-corrected chi connectivity index (χ4v) is 4.22. The molecule has 0 aliphatic heterocycles. The first-order valence-electron chi connectivity index (χ1n) is 9.28. The van der Waals surface area contributed by atoms with E-state index in [4.69, 9.17) is 11.6 Å². The lowest BCUT2D eigenvalue weighted by atomic mass is 10.0. The molecule has 0 fully saturated rings. The fourth-order valence-electron chi connectivity index (χ4n) is 3.94. The van der Waals surface area contributed by atoms with Crippen LogP contribution in [0.25, 0.3) is 22.2 Å². The number of aromatic nitrogens is 2. The number of imidazole rings is 1. The normalized spacial score (nSPS) is 14.0.